The summed E-state index contributed by atoms with van der Waals surface area (Å²) in [6, 6.07) is 4.53. The minimum Gasteiger partial charge on any atom is -0.496 e. The lowest BCUT2D eigenvalue weighted by Gasteiger charge is -2.15. The van der Waals surface area contributed by atoms with Crippen LogP contribution in [0.2, 0.25) is 0 Å². The van der Waals surface area contributed by atoms with Gasteiger partial charge in [0.2, 0.25) is 0 Å². The van der Waals surface area contributed by atoms with Gasteiger partial charge in [0.25, 0.3) is 5.69 Å². The molecule has 0 aliphatic rings. The van der Waals surface area contributed by atoms with E-state index in [1.807, 2.05) is 6.92 Å². The molecule has 0 saturated carbocycles. The van der Waals surface area contributed by atoms with E-state index in [1.54, 1.807) is 13.0 Å². The topological polar surface area (TPSA) is 72.6 Å². The van der Waals surface area contributed by atoms with Gasteiger partial charge in [-0.05, 0) is 13.0 Å². The molecule has 0 aliphatic carbocycles. The van der Waals surface area contributed by atoms with E-state index in [9.17, 15) is 15.2 Å². The number of aliphatic hydroxyl groups excluding tert-OH is 1. The van der Waals surface area contributed by atoms with Crippen molar-refractivity contribution in [3.63, 3.8) is 0 Å². The van der Waals surface area contributed by atoms with Crippen LogP contribution in [0.5, 0.6) is 5.75 Å². The summed E-state index contributed by atoms with van der Waals surface area (Å²) in [7, 11) is 1.54. The highest BCUT2D eigenvalue weighted by molar-refractivity contribution is 7.99. The first kappa shape index (κ1) is 14.8. The number of thioether (sulfide) groups is 1. The van der Waals surface area contributed by atoms with Crippen LogP contribution >= 0.6 is 11.8 Å². The molecular formula is C12H17NO4S. The Morgan fingerprint density at radius 2 is 2.17 bits per heavy atom. The fourth-order valence-corrected chi connectivity index (χ4v) is 2.30. The van der Waals surface area contributed by atoms with Crippen molar-refractivity contribution in [2.24, 2.45) is 0 Å². The molecule has 0 spiro atoms. The summed E-state index contributed by atoms with van der Waals surface area (Å²) >= 11 is 1.53. The van der Waals surface area contributed by atoms with E-state index in [-0.39, 0.29) is 10.9 Å². The molecule has 0 amide bonds. The van der Waals surface area contributed by atoms with Gasteiger partial charge in [-0.15, -0.1) is 0 Å². The van der Waals surface area contributed by atoms with Crippen molar-refractivity contribution in [1.82, 2.24) is 0 Å². The lowest BCUT2D eigenvalue weighted by atomic mass is 10.2. The number of nitrogens with zero attached hydrogens (tertiary/aromatic N) is 1. The van der Waals surface area contributed by atoms with Gasteiger partial charge in [-0.1, -0.05) is 6.92 Å². The summed E-state index contributed by atoms with van der Waals surface area (Å²) in [5.74, 6) is 1.20. The molecule has 0 bridgehead atoms. The highest BCUT2D eigenvalue weighted by Gasteiger charge is 2.14. The molecule has 1 N–H and O–H groups in total. The predicted molar refractivity (Wildman–Crippen MR) is 72.1 cm³/mol. The van der Waals surface area contributed by atoms with Gasteiger partial charge in [0, 0.05) is 28.7 Å². The lowest BCUT2D eigenvalue weighted by Crippen LogP contribution is -2.15. The zero-order valence-corrected chi connectivity index (χ0v) is 11.4. The van der Waals surface area contributed by atoms with E-state index in [2.05, 4.69) is 0 Å². The number of nitro groups is 1. The van der Waals surface area contributed by atoms with Gasteiger partial charge in [-0.25, -0.2) is 0 Å². The van der Waals surface area contributed by atoms with Crippen LogP contribution in [0, 0.1) is 10.1 Å². The third-order valence-corrected chi connectivity index (χ3v) is 4.05. The van der Waals surface area contributed by atoms with Crippen LogP contribution in [-0.2, 0) is 5.75 Å². The minimum atomic E-state index is -0.425. The van der Waals surface area contributed by atoms with Crippen molar-refractivity contribution in [3.8, 4) is 5.75 Å². The number of methoxy groups -OCH3 is 1. The standard InChI is InChI=1S/C12H17NO4S/c1-8(14)9(2)18-7-10-6-11(13(15)16)4-5-12(10)17-3/h4-6,8-9,14H,7H2,1-3H3. The molecule has 0 aliphatic heterocycles. The number of nitro benzene ring substituents is 1. The van der Waals surface area contributed by atoms with Crippen LogP contribution in [0.1, 0.15) is 19.4 Å². The second kappa shape index (κ2) is 6.61. The van der Waals surface area contributed by atoms with Gasteiger partial charge in [-0.3, -0.25) is 10.1 Å². The van der Waals surface area contributed by atoms with E-state index in [0.29, 0.717) is 11.5 Å². The van der Waals surface area contributed by atoms with Crippen molar-refractivity contribution in [2.45, 2.75) is 31.0 Å². The van der Waals surface area contributed by atoms with E-state index >= 15 is 0 Å². The maximum atomic E-state index is 10.7. The Hall–Kier alpha value is -1.27. The Bertz CT molecular complexity index is 423. The summed E-state index contributed by atoms with van der Waals surface area (Å²) in [5, 5.41) is 20.2. The predicted octanol–water partition coefficient (Wildman–Crippen LogP) is 2.61. The normalized spacial score (nSPS) is 14.0. The molecule has 1 rings (SSSR count). The maximum absolute atomic E-state index is 10.7. The number of benzene rings is 1. The van der Waals surface area contributed by atoms with Gasteiger partial charge in [0.05, 0.1) is 18.1 Å². The molecule has 0 heterocycles. The Morgan fingerprint density at radius 1 is 1.50 bits per heavy atom. The monoisotopic (exact) mass is 271 g/mol. The number of non-ortho nitro benzene ring substituents is 1. The van der Waals surface area contributed by atoms with E-state index in [1.165, 1.54) is 31.0 Å². The van der Waals surface area contributed by atoms with Crippen molar-refractivity contribution in [1.29, 1.82) is 0 Å². The molecule has 1 aromatic carbocycles. The number of hydrogen-bond acceptors (Lipinski definition) is 5. The Kier molecular flexibility index (Phi) is 5.43. The average molecular weight is 271 g/mol. The molecule has 0 saturated heterocycles. The van der Waals surface area contributed by atoms with Crippen molar-refractivity contribution in [3.05, 3.63) is 33.9 Å². The summed E-state index contributed by atoms with van der Waals surface area (Å²) in [6.07, 6.45) is -0.417. The fraction of sp³-hybridized carbons (Fsp3) is 0.500. The van der Waals surface area contributed by atoms with Crippen molar-refractivity contribution < 1.29 is 14.8 Å². The second-order valence-electron chi connectivity index (χ2n) is 4.01. The molecule has 0 fully saturated rings. The van der Waals surface area contributed by atoms with Crippen molar-refractivity contribution >= 4 is 17.4 Å². The van der Waals surface area contributed by atoms with Crippen LogP contribution < -0.4 is 4.74 Å². The molecule has 5 nitrogen and oxygen atoms in total. The molecule has 0 aromatic heterocycles. The second-order valence-corrected chi connectivity index (χ2v) is 5.38. The SMILES string of the molecule is COc1ccc([N+](=O)[O-])cc1CSC(C)C(C)O. The third-order valence-electron chi connectivity index (χ3n) is 2.66. The first-order valence-electron chi connectivity index (χ1n) is 5.56. The first-order valence-corrected chi connectivity index (χ1v) is 6.61. The van der Waals surface area contributed by atoms with Crippen molar-refractivity contribution in [2.75, 3.05) is 7.11 Å². The van der Waals surface area contributed by atoms with E-state index in [0.717, 1.165) is 5.56 Å². The molecule has 0 radical (unpaired) electrons. The Morgan fingerprint density at radius 3 is 2.67 bits per heavy atom. The molecule has 18 heavy (non-hydrogen) atoms. The zero-order valence-electron chi connectivity index (χ0n) is 10.6. The quantitative estimate of drug-likeness (QED) is 0.636. The summed E-state index contributed by atoms with van der Waals surface area (Å²) in [4.78, 5) is 10.3. The summed E-state index contributed by atoms with van der Waals surface area (Å²) in [6.45, 7) is 3.64. The number of aliphatic hydroxyl groups is 1. The largest absolute Gasteiger partial charge is 0.496 e. The average Bonchev–Trinajstić information content (AvgIpc) is 2.35. The molecule has 2 atom stereocenters. The van der Waals surface area contributed by atoms with Crippen LogP contribution in [0.4, 0.5) is 5.69 Å². The first-order chi connectivity index (χ1) is 8.45. The Labute approximate surface area is 110 Å². The van der Waals surface area contributed by atoms with E-state index < -0.39 is 11.0 Å². The van der Waals surface area contributed by atoms with Crippen LogP contribution in [0.15, 0.2) is 18.2 Å². The van der Waals surface area contributed by atoms with Gasteiger partial charge in [0.1, 0.15) is 5.75 Å². The van der Waals surface area contributed by atoms with Gasteiger partial charge in [-0.2, -0.15) is 11.8 Å². The lowest BCUT2D eigenvalue weighted by molar-refractivity contribution is -0.384. The number of rotatable bonds is 6. The van der Waals surface area contributed by atoms with Crippen LogP contribution in [0.25, 0.3) is 0 Å². The fourth-order valence-electron chi connectivity index (χ4n) is 1.35. The van der Waals surface area contributed by atoms with Gasteiger partial charge >= 0.3 is 0 Å². The maximum Gasteiger partial charge on any atom is 0.270 e. The Balaban J connectivity index is 2.84. The number of ether oxygens (including phenoxy) is 1. The highest BCUT2D eigenvalue weighted by Crippen LogP contribution is 2.29. The van der Waals surface area contributed by atoms with Crippen LogP contribution in [-0.4, -0.2) is 28.5 Å². The zero-order chi connectivity index (χ0) is 13.7. The van der Waals surface area contributed by atoms with Crippen LogP contribution in [0.3, 0.4) is 0 Å². The molecule has 6 heteroatoms. The van der Waals surface area contributed by atoms with Gasteiger partial charge < -0.3 is 9.84 Å². The molecule has 2 unspecified atom stereocenters. The smallest absolute Gasteiger partial charge is 0.270 e. The number of hydrogen-bond donors (Lipinski definition) is 1. The summed E-state index contributed by atoms with van der Waals surface area (Å²) in [5.41, 5.74) is 0.820. The molecule has 100 valence electrons. The summed E-state index contributed by atoms with van der Waals surface area (Å²) < 4.78 is 5.17. The minimum absolute atomic E-state index is 0.0519. The molecular weight excluding hydrogens is 254 g/mol. The highest BCUT2D eigenvalue weighted by atomic mass is 32.2. The third kappa shape index (κ3) is 3.89. The molecule has 1 aromatic rings. The van der Waals surface area contributed by atoms with E-state index in [4.69, 9.17) is 4.74 Å². The van der Waals surface area contributed by atoms with Gasteiger partial charge in [0.15, 0.2) is 0 Å².